The Kier molecular flexibility index (Phi) is 8.89. The van der Waals surface area contributed by atoms with Gasteiger partial charge in [-0.05, 0) is 67.2 Å². The largest absolute Gasteiger partial charge is 0.389 e. The zero-order valence-corrected chi connectivity index (χ0v) is 18.5. The number of carbonyl (C=O) groups is 3. The van der Waals surface area contributed by atoms with Crippen LogP contribution in [0.5, 0.6) is 0 Å². The summed E-state index contributed by atoms with van der Waals surface area (Å²) in [5.74, 6) is -0.927. The Morgan fingerprint density at radius 2 is 1.61 bits per heavy atom. The number of halogens is 1. The third-order valence-corrected chi connectivity index (χ3v) is 5.39. The smallest absolute Gasteiger partial charge is 0.252 e. The summed E-state index contributed by atoms with van der Waals surface area (Å²) in [5.41, 5.74) is 2.33. The van der Waals surface area contributed by atoms with Crippen molar-refractivity contribution in [1.29, 1.82) is 0 Å². The normalized spacial score (nSPS) is 13.5. The van der Waals surface area contributed by atoms with E-state index in [1.54, 1.807) is 42.5 Å². The lowest BCUT2D eigenvalue weighted by Crippen LogP contribution is -2.26. The van der Waals surface area contributed by atoms with Gasteiger partial charge in [-0.25, -0.2) is 4.39 Å². The Balaban J connectivity index is 1.59. The molecule has 0 heterocycles. The molecule has 3 N–H and O–H groups in total. The minimum atomic E-state index is -0.418. The standard InChI is InChI=1S/C26H29FN2O4/c27-21-11-9-19(10-12-21)24(26(33)29-22-13-14-22)16-18-5-7-20(8-6-18)25(32)28-15-3-1-2-4-23(31)17-30/h5-12,16,22,30H,1-4,13-15,17H2,(H,28,32)(H,29,33)/b24-16+. The molecule has 1 saturated carbocycles. The summed E-state index contributed by atoms with van der Waals surface area (Å²) in [7, 11) is 0. The van der Waals surface area contributed by atoms with Crippen LogP contribution in [0.1, 0.15) is 60.0 Å². The molecule has 0 atom stereocenters. The highest BCUT2D eigenvalue weighted by Gasteiger charge is 2.25. The van der Waals surface area contributed by atoms with E-state index in [4.69, 9.17) is 5.11 Å². The van der Waals surface area contributed by atoms with Crippen molar-refractivity contribution in [3.05, 3.63) is 71.0 Å². The number of benzene rings is 2. The summed E-state index contributed by atoms with van der Waals surface area (Å²) in [6.45, 7) is 0.0857. The highest BCUT2D eigenvalue weighted by molar-refractivity contribution is 6.24. The first-order chi connectivity index (χ1) is 16.0. The van der Waals surface area contributed by atoms with Crippen molar-refractivity contribution in [3.63, 3.8) is 0 Å². The van der Waals surface area contributed by atoms with Crippen LogP contribution in [0.3, 0.4) is 0 Å². The fourth-order valence-corrected chi connectivity index (χ4v) is 3.30. The van der Waals surface area contributed by atoms with Gasteiger partial charge < -0.3 is 15.7 Å². The van der Waals surface area contributed by atoms with Gasteiger partial charge in [0, 0.05) is 30.1 Å². The van der Waals surface area contributed by atoms with Crippen LogP contribution in [-0.2, 0) is 9.59 Å². The van der Waals surface area contributed by atoms with Gasteiger partial charge in [0.2, 0.25) is 0 Å². The van der Waals surface area contributed by atoms with Gasteiger partial charge in [-0.3, -0.25) is 14.4 Å². The number of hydrogen-bond acceptors (Lipinski definition) is 4. The lowest BCUT2D eigenvalue weighted by atomic mass is 10.0. The lowest BCUT2D eigenvalue weighted by molar-refractivity contribution is -0.121. The van der Waals surface area contributed by atoms with Crippen LogP contribution in [0, 0.1) is 5.82 Å². The minimum absolute atomic E-state index is 0.166. The van der Waals surface area contributed by atoms with E-state index in [9.17, 15) is 18.8 Å². The molecule has 7 heteroatoms. The number of unbranched alkanes of at least 4 members (excludes halogenated alkanes) is 2. The second-order valence-corrected chi connectivity index (χ2v) is 8.20. The molecule has 1 aliphatic rings. The Bertz CT molecular complexity index is 996. The summed E-state index contributed by atoms with van der Waals surface area (Å²) < 4.78 is 13.3. The van der Waals surface area contributed by atoms with Gasteiger partial charge in [0.15, 0.2) is 5.78 Å². The zero-order valence-electron chi connectivity index (χ0n) is 18.5. The van der Waals surface area contributed by atoms with Crippen LogP contribution in [0.2, 0.25) is 0 Å². The topological polar surface area (TPSA) is 95.5 Å². The molecule has 0 aliphatic heterocycles. The van der Waals surface area contributed by atoms with Gasteiger partial charge in [0.1, 0.15) is 12.4 Å². The molecule has 6 nitrogen and oxygen atoms in total. The van der Waals surface area contributed by atoms with Crippen LogP contribution in [0.15, 0.2) is 48.5 Å². The molecule has 2 aromatic rings. The van der Waals surface area contributed by atoms with Gasteiger partial charge in [-0.15, -0.1) is 0 Å². The molecule has 0 radical (unpaired) electrons. The quantitative estimate of drug-likeness (QED) is 0.261. The van der Waals surface area contributed by atoms with E-state index >= 15 is 0 Å². The van der Waals surface area contributed by atoms with Gasteiger partial charge >= 0.3 is 0 Å². The summed E-state index contributed by atoms with van der Waals surface area (Å²) in [6, 6.07) is 12.9. The second-order valence-electron chi connectivity index (χ2n) is 8.20. The second kappa shape index (κ2) is 12.1. The average molecular weight is 453 g/mol. The predicted octanol–water partition coefficient (Wildman–Crippen LogP) is 3.50. The number of nitrogens with one attached hydrogen (secondary N) is 2. The number of rotatable bonds is 12. The van der Waals surface area contributed by atoms with Crippen molar-refractivity contribution in [2.75, 3.05) is 13.2 Å². The molecule has 2 aromatic carbocycles. The van der Waals surface area contributed by atoms with Crippen LogP contribution >= 0.6 is 0 Å². The number of Topliss-reactive ketones (excluding diaryl/α,β-unsaturated/α-hetero) is 1. The maximum atomic E-state index is 13.3. The van der Waals surface area contributed by atoms with Crippen molar-refractivity contribution < 1.29 is 23.9 Å². The Morgan fingerprint density at radius 1 is 0.939 bits per heavy atom. The maximum Gasteiger partial charge on any atom is 0.252 e. The Labute approximate surface area is 192 Å². The first kappa shape index (κ1) is 24.3. The molecule has 0 saturated heterocycles. The molecular formula is C26H29FN2O4. The van der Waals surface area contributed by atoms with Crippen LogP contribution in [-0.4, -0.2) is 41.9 Å². The Hall–Kier alpha value is -3.32. The molecule has 174 valence electrons. The molecule has 3 rings (SSSR count). The van der Waals surface area contributed by atoms with Crippen molar-refractivity contribution in [2.24, 2.45) is 0 Å². The molecule has 2 amide bonds. The molecule has 1 aliphatic carbocycles. The number of aliphatic hydroxyl groups is 1. The zero-order chi connectivity index (χ0) is 23.6. The van der Waals surface area contributed by atoms with E-state index in [-0.39, 0.29) is 29.5 Å². The molecule has 33 heavy (non-hydrogen) atoms. The molecule has 0 aromatic heterocycles. The van der Waals surface area contributed by atoms with Crippen LogP contribution in [0.4, 0.5) is 4.39 Å². The molecule has 1 fully saturated rings. The van der Waals surface area contributed by atoms with Crippen molar-refractivity contribution >= 4 is 29.2 Å². The maximum absolute atomic E-state index is 13.3. The van der Waals surface area contributed by atoms with Gasteiger partial charge in [-0.2, -0.15) is 0 Å². The third kappa shape index (κ3) is 7.95. The average Bonchev–Trinajstić information content (AvgIpc) is 3.64. The van der Waals surface area contributed by atoms with E-state index < -0.39 is 6.61 Å². The fourth-order valence-electron chi connectivity index (χ4n) is 3.30. The van der Waals surface area contributed by atoms with E-state index in [2.05, 4.69) is 10.6 Å². The SMILES string of the molecule is O=C(CO)CCCCCNC(=O)c1ccc(/C=C(/C(=O)NC2CC2)c2ccc(F)cc2)cc1. The lowest BCUT2D eigenvalue weighted by Gasteiger charge is -2.10. The number of hydrogen-bond donors (Lipinski definition) is 3. The molecule has 0 unspecified atom stereocenters. The van der Waals surface area contributed by atoms with Gasteiger partial charge in [0.25, 0.3) is 11.8 Å². The molecular weight excluding hydrogens is 423 g/mol. The summed E-state index contributed by atoms with van der Waals surface area (Å²) >= 11 is 0. The summed E-state index contributed by atoms with van der Waals surface area (Å²) in [4.78, 5) is 36.1. The fraction of sp³-hybridized carbons (Fsp3) is 0.346. The van der Waals surface area contributed by atoms with Gasteiger partial charge in [-0.1, -0.05) is 30.7 Å². The van der Waals surface area contributed by atoms with Crippen molar-refractivity contribution in [3.8, 4) is 0 Å². The number of aliphatic hydroxyl groups excluding tert-OH is 1. The molecule has 0 bridgehead atoms. The van der Waals surface area contributed by atoms with E-state index in [1.165, 1.54) is 12.1 Å². The molecule has 0 spiro atoms. The van der Waals surface area contributed by atoms with E-state index in [0.717, 1.165) is 31.2 Å². The van der Waals surface area contributed by atoms with Crippen LogP contribution < -0.4 is 10.6 Å². The number of carbonyl (C=O) groups excluding carboxylic acids is 3. The predicted molar refractivity (Wildman–Crippen MR) is 125 cm³/mol. The summed E-state index contributed by atoms with van der Waals surface area (Å²) in [5, 5.41) is 14.5. The van der Waals surface area contributed by atoms with Crippen molar-refractivity contribution in [1.82, 2.24) is 10.6 Å². The monoisotopic (exact) mass is 452 g/mol. The highest BCUT2D eigenvalue weighted by atomic mass is 19.1. The van der Waals surface area contributed by atoms with Crippen LogP contribution in [0.25, 0.3) is 11.6 Å². The Morgan fingerprint density at radius 3 is 2.24 bits per heavy atom. The third-order valence-electron chi connectivity index (χ3n) is 5.39. The number of ketones is 1. The highest BCUT2D eigenvalue weighted by Crippen LogP contribution is 2.24. The first-order valence-corrected chi connectivity index (χ1v) is 11.3. The van der Waals surface area contributed by atoms with E-state index in [0.29, 0.717) is 36.1 Å². The first-order valence-electron chi connectivity index (χ1n) is 11.3. The minimum Gasteiger partial charge on any atom is -0.389 e. The van der Waals surface area contributed by atoms with Gasteiger partial charge in [0.05, 0.1) is 0 Å². The van der Waals surface area contributed by atoms with Crippen molar-refractivity contribution in [2.45, 2.75) is 44.6 Å². The number of amides is 2. The van der Waals surface area contributed by atoms with E-state index in [1.807, 2.05) is 0 Å². The summed E-state index contributed by atoms with van der Waals surface area (Å²) in [6.07, 6.45) is 6.27.